The number of imidazole rings is 1. The van der Waals surface area contributed by atoms with Gasteiger partial charge in [-0.2, -0.15) is 0 Å². The zero-order valence-electron chi connectivity index (χ0n) is 14.0. The molecule has 0 radical (unpaired) electrons. The summed E-state index contributed by atoms with van der Waals surface area (Å²) < 4.78 is 18.9. The highest BCUT2D eigenvalue weighted by atomic mass is 31.2. The van der Waals surface area contributed by atoms with Gasteiger partial charge < -0.3 is 24.8 Å². The molecule has 10 heteroatoms. The number of hydrogen-bond donors (Lipinski definition) is 3. The summed E-state index contributed by atoms with van der Waals surface area (Å²) in [5, 5.41) is 0. The van der Waals surface area contributed by atoms with Gasteiger partial charge in [-0.25, -0.2) is 15.0 Å². The Kier molecular flexibility index (Phi) is 5.63. The summed E-state index contributed by atoms with van der Waals surface area (Å²) in [6.45, 7) is 0.687. The van der Waals surface area contributed by atoms with Crippen LogP contribution in [0.1, 0.15) is 5.56 Å². The van der Waals surface area contributed by atoms with Crippen molar-refractivity contribution in [1.29, 1.82) is 0 Å². The number of anilines is 1. The van der Waals surface area contributed by atoms with E-state index in [0.717, 1.165) is 5.56 Å². The number of fused-ring (bicyclic) bond motifs is 1. The van der Waals surface area contributed by atoms with Gasteiger partial charge in [0.25, 0.3) is 0 Å². The zero-order chi connectivity index (χ0) is 18.6. The maximum atomic E-state index is 11.4. The van der Waals surface area contributed by atoms with Gasteiger partial charge in [0.2, 0.25) is 0 Å². The van der Waals surface area contributed by atoms with Gasteiger partial charge in [0.15, 0.2) is 11.5 Å². The molecule has 0 aliphatic heterocycles. The number of aromatic nitrogens is 4. The summed E-state index contributed by atoms with van der Waals surface area (Å²) in [7, 11) is -4.19. The normalized spacial score (nSPS) is 13.2. The Labute approximate surface area is 150 Å². The van der Waals surface area contributed by atoms with E-state index in [9.17, 15) is 14.4 Å². The average Bonchev–Trinajstić information content (AvgIpc) is 2.99. The van der Waals surface area contributed by atoms with Crippen LogP contribution < -0.4 is 5.73 Å². The summed E-state index contributed by atoms with van der Waals surface area (Å²) in [5.74, 6) is 0.304. The largest absolute Gasteiger partial charge is 0.382 e. The first-order valence-corrected chi connectivity index (χ1v) is 9.83. The van der Waals surface area contributed by atoms with Crippen molar-refractivity contribution in [1.82, 2.24) is 19.5 Å². The fraction of sp³-hybridized carbons (Fsp3) is 0.312. The number of nitrogens with zero attached hydrogens (tertiary/aromatic N) is 4. The average molecular weight is 377 g/mol. The maximum absolute atomic E-state index is 11.4. The minimum absolute atomic E-state index is 0.257. The number of hydrogen-bond acceptors (Lipinski definition) is 6. The number of rotatable bonds is 8. The van der Waals surface area contributed by atoms with Crippen LogP contribution in [-0.2, 0) is 22.3 Å². The van der Waals surface area contributed by atoms with Gasteiger partial charge in [-0.3, -0.25) is 4.57 Å². The third-order valence-corrected chi connectivity index (χ3v) is 4.75. The molecule has 0 saturated heterocycles. The van der Waals surface area contributed by atoms with Gasteiger partial charge in [-0.05, 0) is 12.0 Å². The SMILES string of the molecule is Nc1ncnc2c1ncn2CCOC(Cc1ccccc1)CP(=O)(O)O. The molecule has 0 fully saturated rings. The van der Waals surface area contributed by atoms with Gasteiger partial charge in [0.05, 0.1) is 25.2 Å². The maximum Gasteiger partial charge on any atom is 0.328 e. The van der Waals surface area contributed by atoms with Crippen LogP contribution >= 0.6 is 7.60 Å². The molecule has 2 aromatic heterocycles. The van der Waals surface area contributed by atoms with Crippen LogP contribution in [-0.4, -0.2) is 48.2 Å². The van der Waals surface area contributed by atoms with Crippen molar-refractivity contribution in [3.8, 4) is 0 Å². The van der Waals surface area contributed by atoms with E-state index in [1.807, 2.05) is 30.3 Å². The third kappa shape index (κ3) is 4.86. The van der Waals surface area contributed by atoms with Crippen LogP contribution in [0.5, 0.6) is 0 Å². The summed E-state index contributed by atoms with van der Waals surface area (Å²) in [6, 6.07) is 9.45. The molecule has 138 valence electrons. The van der Waals surface area contributed by atoms with Crippen molar-refractivity contribution in [3.63, 3.8) is 0 Å². The molecule has 0 saturated carbocycles. The third-order valence-electron chi connectivity index (χ3n) is 3.86. The number of nitrogen functional groups attached to an aromatic ring is 1. The molecule has 0 amide bonds. The molecule has 0 spiro atoms. The lowest BCUT2D eigenvalue weighted by Gasteiger charge is -2.19. The minimum atomic E-state index is -4.19. The van der Waals surface area contributed by atoms with Crippen LogP contribution in [0.4, 0.5) is 5.82 Å². The minimum Gasteiger partial charge on any atom is -0.382 e. The second-order valence-corrected chi connectivity index (χ2v) is 7.59. The topological polar surface area (TPSA) is 136 Å². The summed E-state index contributed by atoms with van der Waals surface area (Å²) in [4.78, 5) is 30.8. The molecule has 3 rings (SSSR count). The van der Waals surface area contributed by atoms with Crippen LogP contribution in [0.25, 0.3) is 11.2 Å². The number of benzene rings is 1. The van der Waals surface area contributed by atoms with E-state index in [-0.39, 0.29) is 12.8 Å². The predicted molar refractivity (Wildman–Crippen MR) is 96.5 cm³/mol. The van der Waals surface area contributed by atoms with Gasteiger partial charge in [-0.15, -0.1) is 0 Å². The Hall–Kier alpha value is -2.32. The standard InChI is InChI=1S/C16H20N5O4P/c17-15-14-16(19-10-18-15)21(11-20-14)6-7-25-13(9-26(22,23)24)8-12-4-2-1-3-5-12/h1-5,10-11,13H,6-9H2,(H2,17,18,19)(H2,22,23,24). The Morgan fingerprint density at radius 3 is 2.69 bits per heavy atom. The molecule has 2 heterocycles. The molecule has 3 aromatic rings. The molecule has 1 unspecified atom stereocenters. The van der Waals surface area contributed by atoms with Crippen LogP contribution in [0, 0.1) is 0 Å². The van der Waals surface area contributed by atoms with Crippen molar-refractivity contribution in [2.24, 2.45) is 0 Å². The molecule has 26 heavy (non-hydrogen) atoms. The molecule has 1 aromatic carbocycles. The second kappa shape index (κ2) is 7.92. The van der Waals surface area contributed by atoms with E-state index in [0.29, 0.717) is 29.9 Å². The molecule has 1 atom stereocenters. The second-order valence-electron chi connectivity index (χ2n) is 5.90. The van der Waals surface area contributed by atoms with Crippen LogP contribution in [0.2, 0.25) is 0 Å². The summed E-state index contributed by atoms with van der Waals surface area (Å²) in [6.07, 6.45) is 2.46. The van der Waals surface area contributed by atoms with Gasteiger partial charge in [-0.1, -0.05) is 30.3 Å². The zero-order valence-corrected chi connectivity index (χ0v) is 14.9. The Bertz CT molecular complexity index is 911. The molecule has 0 aliphatic carbocycles. The van der Waals surface area contributed by atoms with Crippen LogP contribution in [0.3, 0.4) is 0 Å². The lowest BCUT2D eigenvalue weighted by atomic mass is 10.1. The Balaban J connectivity index is 1.65. The van der Waals surface area contributed by atoms with Gasteiger partial charge in [0.1, 0.15) is 11.8 Å². The highest BCUT2D eigenvalue weighted by molar-refractivity contribution is 7.51. The molecule has 0 aliphatic rings. The first kappa shape index (κ1) is 18.5. The van der Waals surface area contributed by atoms with Gasteiger partial charge >= 0.3 is 7.60 Å². The monoisotopic (exact) mass is 377 g/mol. The fourth-order valence-corrected chi connectivity index (χ4v) is 3.46. The summed E-state index contributed by atoms with van der Waals surface area (Å²) in [5.41, 5.74) is 7.83. The van der Waals surface area contributed by atoms with E-state index in [1.54, 1.807) is 10.9 Å². The highest BCUT2D eigenvalue weighted by Crippen LogP contribution is 2.36. The van der Waals surface area contributed by atoms with E-state index in [1.165, 1.54) is 6.33 Å². The molecule has 0 bridgehead atoms. The van der Waals surface area contributed by atoms with Crippen molar-refractivity contribution < 1.29 is 19.1 Å². The van der Waals surface area contributed by atoms with E-state index in [2.05, 4.69) is 15.0 Å². The van der Waals surface area contributed by atoms with Crippen molar-refractivity contribution >= 4 is 24.6 Å². The van der Waals surface area contributed by atoms with E-state index >= 15 is 0 Å². The summed E-state index contributed by atoms with van der Waals surface area (Å²) >= 11 is 0. The lowest BCUT2D eigenvalue weighted by molar-refractivity contribution is 0.0601. The first-order valence-electron chi connectivity index (χ1n) is 8.04. The van der Waals surface area contributed by atoms with E-state index < -0.39 is 13.7 Å². The molecular formula is C16H20N5O4P. The molecule has 9 nitrogen and oxygen atoms in total. The molecule has 4 N–H and O–H groups in total. The van der Waals surface area contributed by atoms with Crippen molar-refractivity contribution in [3.05, 3.63) is 48.5 Å². The smallest absolute Gasteiger partial charge is 0.328 e. The van der Waals surface area contributed by atoms with Crippen molar-refractivity contribution in [2.75, 3.05) is 18.5 Å². The van der Waals surface area contributed by atoms with Gasteiger partial charge in [0, 0.05) is 6.54 Å². The Morgan fingerprint density at radius 2 is 1.96 bits per heavy atom. The fourth-order valence-electron chi connectivity index (χ4n) is 2.70. The number of ether oxygens (including phenoxy) is 1. The number of nitrogens with two attached hydrogens (primary N) is 1. The molecular weight excluding hydrogens is 357 g/mol. The van der Waals surface area contributed by atoms with Crippen LogP contribution in [0.15, 0.2) is 43.0 Å². The highest BCUT2D eigenvalue weighted by Gasteiger charge is 2.22. The predicted octanol–water partition coefficient (Wildman–Crippen LogP) is 1.21. The quantitative estimate of drug-likeness (QED) is 0.498. The lowest BCUT2D eigenvalue weighted by Crippen LogP contribution is -2.23. The van der Waals surface area contributed by atoms with E-state index in [4.69, 9.17) is 10.5 Å². The first-order chi connectivity index (χ1) is 12.4. The Morgan fingerprint density at radius 1 is 1.19 bits per heavy atom. The van der Waals surface area contributed by atoms with Crippen molar-refractivity contribution in [2.45, 2.75) is 19.1 Å².